The first-order chi connectivity index (χ1) is 14.4. The number of allylic oxidation sites excluding steroid dienone is 2. The second-order valence-corrected chi connectivity index (χ2v) is 8.22. The number of hydrogen-bond acceptors (Lipinski definition) is 5. The Balaban J connectivity index is 1.55. The topological polar surface area (TPSA) is 55.1 Å². The third-order valence-corrected chi connectivity index (χ3v) is 6.07. The lowest BCUT2D eigenvalue weighted by Crippen LogP contribution is -2.07. The summed E-state index contributed by atoms with van der Waals surface area (Å²) in [7, 11) is 0. The standard InChI is InChI=1S/C23H21N5S/c1-2-7-18(8-3-1)21-13-22(25-15-17-6-4-10-24-14-17)28-23(27-21)19(16-26-28)12-20-9-5-11-29-20/h1-4,6-10,13-14,16,25H,5,11-12,15H2. The van der Waals surface area contributed by atoms with Crippen LogP contribution in [0.15, 0.2) is 78.1 Å². The van der Waals surface area contributed by atoms with E-state index in [0.29, 0.717) is 6.54 Å². The van der Waals surface area contributed by atoms with Crippen LogP contribution in [0.1, 0.15) is 17.5 Å². The molecule has 0 saturated carbocycles. The number of aromatic nitrogens is 4. The molecule has 29 heavy (non-hydrogen) atoms. The summed E-state index contributed by atoms with van der Waals surface area (Å²) in [5, 5.41) is 8.17. The highest BCUT2D eigenvalue weighted by Gasteiger charge is 2.15. The molecule has 0 spiro atoms. The summed E-state index contributed by atoms with van der Waals surface area (Å²) in [6.07, 6.45) is 9.99. The summed E-state index contributed by atoms with van der Waals surface area (Å²) in [6.45, 7) is 0.678. The fraction of sp³-hybridized carbons (Fsp3) is 0.174. The molecule has 0 unspecified atom stereocenters. The fourth-order valence-corrected chi connectivity index (χ4v) is 4.48. The van der Waals surface area contributed by atoms with E-state index in [1.807, 2.05) is 52.9 Å². The maximum absolute atomic E-state index is 4.97. The Bertz CT molecular complexity index is 1150. The Hall–Kier alpha value is -3.12. The van der Waals surface area contributed by atoms with Gasteiger partial charge in [0.2, 0.25) is 0 Å². The van der Waals surface area contributed by atoms with Crippen molar-refractivity contribution in [3.05, 3.63) is 89.2 Å². The molecule has 0 radical (unpaired) electrons. The molecule has 0 atom stereocenters. The lowest BCUT2D eigenvalue weighted by Gasteiger charge is -2.11. The fourth-order valence-electron chi connectivity index (χ4n) is 3.49. The van der Waals surface area contributed by atoms with Crippen molar-refractivity contribution in [1.82, 2.24) is 19.6 Å². The van der Waals surface area contributed by atoms with E-state index >= 15 is 0 Å². The van der Waals surface area contributed by atoms with Gasteiger partial charge in [-0.25, -0.2) is 4.98 Å². The van der Waals surface area contributed by atoms with Gasteiger partial charge in [-0.3, -0.25) is 4.98 Å². The number of hydrogen-bond donors (Lipinski definition) is 1. The summed E-state index contributed by atoms with van der Waals surface area (Å²) in [4.78, 5) is 10.6. The summed E-state index contributed by atoms with van der Waals surface area (Å²) in [5.41, 5.74) is 5.24. The van der Waals surface area contributed by atoms with Gasteiger partial charge in [-0.1, -0.05) is 42.5 Å². The molecule has 0 aliphatic carbocycles. The molecule has 3 aromatic heterocycles. The minimum absolute atomic E-state index is 0.678. The maximum atomic E-state index is 4.97. The molecule has 0 bridgehead atoms. The van der Waals surface area contributed by atoms with Crippen LogP contribution in [0.5, 0.6) is 0 Å². The average molecular weight is 400 g/mol. The number of nitrogens with one attached hydrogen (secondary N) is 1. The third-order valence-electron chi connectivity index (χ3n) is 4.95. The maximum Gasteiger partial charge on any atom is 0.161 e. The van der Waals surface area contributed by atoms with Crippen molar-refractivity contribution >= 4 is 23.2 Å². The van der Waals surface area contributed by atoms with Gasteiger partial charge in [0.1, 0.15) is 5.82 Å². The lowest BCUT2D eigenvalue weighted by atomic mass is 10.1. The molecule has 1 aromatic carbocycles. The van der Waals surface area contributed by atoms with Crippen molar-refractivity contribution in [1.29, 1.82) is 0 Å². The van der Waals surface area contributed by atoms with Crippen molar-refractivity contribution in [3.63, 3.8) is 0 Å². The molecule has 5 nitrogen and oxygen atoms in total. The molecule has 144 valence electrons. The predicted molar refractivity (Wildman–Crippen MR) is 119 cm³/mol. The molecule has 0 saturated heterocycles. The number of thioether (sulfide) groups is 1. The van der Waals surface area contributed by atoms with Crippen LogP contribution in [0.3, 0.4) is 0 Å². The molecule has 0 fully saturated rings. The van der Waals surface area contributed by atoms with Gasteiger partial charge in [-0.15, -0.1) is 11.8 Å². The summed E-state index contributed by atoms with van der Waals surface area (Å²) >= 11 is 1.94. The molecule has 1 aliphatic rings. The van der Waals surface area contributed by atoms with E-state index in [-0.39, 0.29) is 0 Å². The third kappa shape index (κ3) is 3.89. The van der Waals surface area contributed by atoms with Crippen LogP contribution in [0.4, 0.5) is 5.82 Å². The van der Waals surface area contributed by atoms with Gasteiger partial charge in [0.05, 0.1) is 11.9 Å². The highest BCUT2D eigenvalue weighted by atomic mass is 32.2. The van der Waals surface area contributed by atoms with E-state index in [4.69, 9.17) is 4.98 Å². The van der Waals surface area contributed by atoms with Crippen molar-refractivity contribution in [2.45, 2.75) is 19.4 Å². The van der Waals surface area contributed by atoms with E-state index in [1.54, 1.807) is 6.20 Å². The largest absolute Gasteiger partial charge is 0.366 e. The second-order valence-electron chi connectivity index (χ2n) is 7.00. The van der Waals surface area contributed by atoms with Gasteiger partial charge < -0.3 is 5.32 Å². The van der Waals surface area contributed by atoms with Crippen LogP contribution in [-0.2, 0) is 13.0 Å². The van der Waals surface area contributed by atoms with E-state index in [2.05, 4.69) is 45.7 Å². The summed E-state index contributed by atoms with van der Waals surface area (Å²) in [6, 6.07) is 16.4. The van der Waals surface area contributed by atoms with Crippen molar-refractivity contribution in [2.75, 3.05) is 11.1 Å². The highest BCUT2D eigenvalue weighted by molar-refractivity contribution is 8.03. The van der Waals surface area contributed by atoms with Crippen LogP contribution in [-0.4, -0.2) is 25.3 Å². The first-order valence-corrected chi connectivity index (χ1v) is 10.7. The van der Waals surface area contributed by atoms with Gasteiger partial charge in [0.25, 0.3) is 0 Å². The van der Waals surface area contributed by atoms with Gasteiger partial charge in [0, 0.05) is 48.3 Å². The Morgan fingerprint density at radius 3 is 2.79 bits per heavy atom. The number of pyridine rings is 1. The average Bonchev–Trinajstić information content (AvgIpc) is 3.44. The van der Waals surface area contributed by atoms with Gasteiger partial charge >= 0.3 is 0 Å². The molecule has 6 heteroatoms. The summed E-state index contributed by atoms with van der Waals surface area (Å²) < 4.78 is 1.92. The van der Waals surface area contributed by atoms with Crippen molar-refractivity contribution in [3.8, 4) is 11.3 Å². The zero-order valence-electron chi connectivity index (χ0n) is 16.0. The van der Waals surface area contributed by atoms with Gasteiger partial charge in [-0.05, 0) is 23.0 Å². The molecule has 4 aromatic rings. The van der Waals surface area contributed by atoms with E-state index < -0.39 is 0 Å². The Morgan fingerprint density at radius 1 is 1.07 bits per heavy atom. The normalized spacial score (nSPS) is 13.6. The van der Waals surface area contributed by atoms with Crippen LogP contribution in [0.25, 0.3) is 16.9 Å². The molecular weight excluding hydrogens is 378 g/mol. The second kappa shape index (κ2) is 8.09. The van der Waals surface area contributed by atoms with Crippen LogP contribution in [0.2, 0.25) is 0 Å². The molecule has 5 rings (SSSR count). The van der Waals surface area contributed by atoms with Crippen LogP contribution < -0.4 is 5.32 Å². The minimum Gasteiger partial charge on any atom is -0.366 e. The predicted octanol–water partition coefficient (Wildman–Crippen LogP) is 4.97. The molecule has 4 heterocycles. The lowest BCUT2D eigenvalue weighted by molar-refractivity contribution is 0.925. The number of benzene rings is 1. The zero-order valence-corrected chi connectivity index (χ0v) is 16.8. The van der Waals surface area contributed by atoms with Gasteiger partial charge in [0.15, 0.2) is 5.65 Å². The first kappa shape index (κ1) is 17.9. The Kier molecular flexibility index (Phi) is 5.01. The minimum atomic E-state index is 0.678. The zero-order chi connectivity index (χ0) is 19.5. The number of rotatable bonds is 6. The molecular formula is C23H21N5S. The van der Waals surface area contributed by atoms with Crippen LogP contribution in [0, 0.1) is 0 Å². The Morgan fingerprint density at radius 2 is 2.00 bits per heavy atom. The molecule has 0 amide bonds. The molecule has 1 N–H and O–H groups in total. The van der Waals surface area contributed by atoms with Gasteiger partial charge in [-0.2, -0.15) is 9.61 Å². The number of nitrogens with zero attached hydrogens (tertiary/aromatic N) is 4. The van der Waals surface area contributed by atoms with Crippen molar-refractivity contribution in [2.24, 2.45) is 0 Å². The number of anilines is 1. The number of fused-ring (bicyclic) bond motifs is 1. The molecule has 1 aliphatic heterocycles. The summed E-state index contributed by atoms with van der Waals surface area (Å²) in [5.74, 6) is 2.10. The van der Waals surface area contributed by atoms with E-state index in [0.717, 1.165) is 46.7 Å². The quantitative estimate of drug-likeness (QED) is 0.496. The Labute approximate surface area is 173 Å². The van der Waals surface area contributed by atoms with Crippen LogP contribution >= 0.6 is 11.8 Å². The van der Waals surface area contributed by atoms with E-state index in [1.165, 1.54) is 10.7 Å². The monoisotopic (exact) mass is 399 g/mol. The van der Waals surface area contributed by atoms with E-state index in [9.17, 15) is 0 Å². The highest BCUT2D eigenvalue weighted by Crippen LogP contribution is 2.30. The smallest absolute Gasteiger partial charge is 0.161 e. The van der Waals surface area contributed by atoms with Crippen molar-refractivity contribution < 1.29 is 0 Å². The SMILES string of the molecule is C1=C(Cc2cnn3c(NCc4cccnc4)cc(-c4ccccc4)nc23)SCC1. The first-order valence-electron chi connectivity index (χ1n) is 9.74.